The molecule has 2 aromatic rings. The number of benzene rings is 1. The summed E-state index contributed by atoms with van der Waals surface area (Å²) in [5.74, 6) is -4.25. The van der Waals surface area contributed by atoms with E-state index in [1.54, 1.807) is 0 Å². The predicted molar refractivity (Wildman–Crippen MR) is 52.3 cm³/mol. The van der Waals surface area contributed by atoms with Crippen LogP contribution in [0.1, 0.15) is 5.56 Å². The largest absolute Gasteiger partial charge is 0.326 e. The maximum Gasteiger partial charge on any atom is 0.252 e. The molecule has 2 rings (SSSR count). The molecule has 3 nitrogen and oxygen atoms in total. The fourth-order valence-corrected chi connectivity index (χ4v) is 1.45. The number of hydrogen-bond donors (Lipinski definition) is 2. The Kier molecular flexibility index (Phi) is 2.43. The number of aromatic nitrogens is 1. The van der Waals surface area contributed by atoms with Crippen molar-refractivity contribution in [3.63, 3.8) is 0 Å². The lowest BCUT2D eigenvalue weighted by Gasteiger charge is -2.03. The Morgan fingerprint density at radius 3 is 2.50 bits per heavy atom. The third kappa shape index (κ3) is 1.47. The van der Waals surface area contributed by atoms with E-state index in [1.807, 2.05) is 0 Å². The fraction of sp³-hybridized carbons (Fsp3) is 0.100. The van der Waals surface area contributed by atoms with Crippen LogP contribution >= 0.6 is 0 Å². The van der Waals surface area contributed by atoms with Gasteiger partial charge in [-0.2, -0.15) is 0 Å². The molecular formula is C10H7F3N2O. The Morgan fingerprint density at radius 1 is 1.19 bits per heavy atom. The van der Waals surface area contributed by atoms with Gasteiger partial charge in [-0.25, -0.2) is 13.2 Å². The van der Waals surface area contributed by atoms with Gasteiger partial charge in [0.2, 0.25) is 0 Å². The van der Waals surface area contributed by atoms with Gasteiger partial charge >= 0.3 is 0 Å². The predicted octanol–water partition coefficient (Wildman–Crippen LogP) is 1.40. The van der Waals surface area contributed by atoms with Crippen LogP contribution in [0, 0.1) is 17.5 Å². The van der Waals surface area contributed by atoms with Crippen molar-refractivity contribution in [3.05, 3.63) is 45.5 Å². The van der Waals surface area contributed by atoms with Gasteiger partial charge in [0.05, 0.1) is 5.52 Å². The van der Waals surface area contributed by atoms with Gasteiger partial charge in [-0.1, -0.05) is 0 Å². The lowest BCUT2D eigenvalue weighted by atomic mass is 10.1. The number of hydrogen-bond acceptors (Lipinski definition) is 2. The van der Waals surface area contributed by atoms with Crippen LogP contribution in [0.25, 0.3) is 10.9 Å². The number of aromatic amines is 1. The first-order valence-electron chi connectivity index (χ1n) is 4.44. The Morgan fingerprint density at radius 2 is 1.88 bits per heavy atom. The minimum Gasteiger partial charge on any atom is -0.326 e. The highest BCUT2D eigenvalue weighted by Crippen LogP contribution is 2.21. The van der Waals surface area contributed by atoms with Crippen molar-refractivity contribution in [2.45, 2.75) is 6.54 Å². The van der Waals surface area contributed by atoms with E-state index in [-0.39, 0.29) is 23.0 Å². The van der Waals surface area contributed by atoms with Crippen molar-refractivity contribution in [1.29, 1.82) is 0 Å². The second-order valence-corrected chi connectivity index (χ2v) is 3.28. The first kappa shape index (κ1) is 10.7. The van der Waals surface area contributed by atoms with Crippen LogP contribution in [-0.2, 0) is 6.54 Å². The Labute approximate surface area is 87.7 Å². The summed E-state index contributed by atoms with van der Waals surface area (Å²) in [7, 11) is 0. The second-order valence-electron chi connectivity index (χ2n) is 3.28. The SMILES string of the molecule is NCc1cc2c(F)c(F)c(F)cc2[nH]c1=O. The van der Waals surface area contributed by atoms with Gasteiger partial charge in [-0.05, 0) is 6.07 Å². The summed E-state index contributed by atoms with van der Waals surface area (Å²) in [5.41, 5.74) is 4.72. The zero-order valence-electron chi connectivity index (χ0n) is 7.98. The molecular weight excluding hydrogens is 221 g/mol. The fourth-order valence-electron chi connectivity index (χ4n) is 1.45. The molecule has 1 aromatic heterocycles. The standard InChI is InChI=1S/C10H7F3N2O/c11-6-2-7-5(8(12)9(6)13)1-4(3-14)10(16)15-7/h1-2H,3,14H2,(H,15,16). The van der Waals surface area contributed by atoms with E-state index in [1.165, 1.54) is 0 Å². The molecule has 0 aliphatic heterocycles. The maximum absolute atomic E-state index is 13.3. The van der Waals surface area contributed by atoms with Crippen LogP contribution in [0.2, 0.25) is 0 Å². The molecule has 6 heteroatoms. The lowest BCUT2D eigenvalue weighted by Crippen LogP contribution is -2.16. The maximum atomic E-state index is 13.3. The second kappa shape index (κ2) is 3.64. The zero-order chi connectivity index (χ0) is 11.9. The summed E-state index contributed by atoms with van der Waals surface area (Å²) < 4.78 is 39.1. The third-order valence-corrected chi connectivity index (χ3v) is 2.28. The van der Waals surface area contributed by atoms with Gasteiger partial charge in [0.15, 0.2) is 17.5 Å². The molecule has 0 amide bonds. The molecule has 1 heterocycles. The van der Waals surface area contributed by atoms with Gasteiger partial charge in [0, 0.05) is 23.6 Å². The minimum absolute atomic E-state index is 0.0985. The molecule has 0 aliphatic rings. The number of nitrogens with two attached hydrogens (primary N) is 1. The average molecular weight is 228 g/mol. The van der Waals surface area contributed by atoms with E-state index in [0.717, 1.165) is 12.1 Å². The third-order valence-electron chi connectivity index (χ3n) is 2.28. The van der Waals surface area contributed by atoms with E-state index in [9.17, 15) is 18.0 Å². The summed E-state index contributed by atoms with van der Waals surface area (Å²) in [4.78, 5) is 13.5. The molecule has 0 unspecified atom stereocenters. The summed E-state index contributed by atoms with van der Waals surface area (Å²) in [6.07, 6.45) is 0. The van der Waals surface area contributed by atoms with Crippen LogP contribution in [0.15, 0.2) is 16.9 Å². The van der Waals surface area contributed by atoms with Crippen molar-refractivity contribution < 1.29 is 13.2 Å². The molecule has 16 heavy (non-hydrogen) atoms. The lowest BCUT2D eigenvalue weighted by molar-refractivity contribution is 0.453. The van der Waals surface area contributed by atoms with E-state index in [0.29, 0.717) is 0 Å². The molecule has 0 saturated carbocycles. The van der Waals surface area contributed by atoms with Crippen LogP contribution in [0.3, 0.4) is 0 Å². The molecule has 0 radical (unpaired) electrons. The van der Waals surface area contributed by atoms with Crippen molar-refractivity contribution >= 4 is 10.9 Å². The van der Waals surface area contributed by atoms with Crippen molar-refractivity contribution in [2.75, 3.05) is 0 Å². The molecule has 0 atom stereocenters. The van der Waals surface area contributed by atoms with E-state index in [2.05, 4.69) is 4.98 Å². The number of nitrogens with one attached hydrogen (secondary N) is 1. The van der Waals surface area contributed by atoms with Crippen LogP contribution in [-0.4, -0.2) is 4.98 Å². The van der Waals surface area contributed by atoms with Gasteiger partial charge in [-0.3, -0.25) is 4.79 Å². The summed E-state index contributed by atoms with van der Waals surface area (Å²) in [5, 5.41) is -0.195. The Hall–Kier alpha value is -1.82. The highest BCUT2D eigenvalue weighted by atomic mass is 19.2. The number of rotatable bonds is 1. The molecule has 0 fully saturated rings. The Bertz CT molecular complexity index is 621. The van der Waals surface area contributed by atoms with Crippen LogP contribution in [0.5, 0.6) is 0 Å². The molecule has 1 aromatic carbocycles. The quantitative estimate of drug-likeness (QED) is 0.725. The van der Waals surface area contributed by atoms with Gasteiger partial charge in [-0.15, -0.1) is 0 Å². The smallest absolute Gasteiger partial charge is 0.252 e. The Balaban J connectivity index is 2.92. The molecule has 3 N–H and O–H groups in total. The highest BCUT2D eigenvalue weighted by molar-refractivity contribution is 5.79. The average Bonchev–Trinajstić information content (AvgIpc) is 2.26. The molecule has 84 valence electrons. The summed E-state index contributed by atoms with van der Waals surface area (Å²) in [6, 6.07) is 1.85. The molecule has 0 bridgehead atoms. The normalized spacial score (nSPS) is 11.0. The van der Waals surface area contributed by atoms with Gasteiger partial charge in [0.25, 0.3) is 5.56 Å². The van der Waals surface area contributed by atoms with Gasteiger partial charge < -0.3 is 10.7 Å². The van der Waals surface area contributed by atoms with E-state index in [4.69, 9.17) is 5.73 Å². The first-order chi connectivity index (χ1) is 7.54. The topological polar surface area (TPSA) is 58.9 Å². The number of halogens is 3. The first-order valence-corrected chi connectivity index (χ1v) is 4.44. The van der Waals surface area contributed by atoms with Crippen molar-refractivity contribution in [3.8, 4) is 0 Å². The van der Waals surface area contributed by atoms with Gasteiger partial charge in [0.1, 0.15) is 0 Å². The number of H-pyrrole nitrogens is 1. The van der Waals surface area contributed by atoms with E-state index < -0.39 is 23.0 Å². The molecule has 0 aliphatic carbocycles. The monoisotopic (exact) mass is 228 g/mol. The molecule has 0 saturated heterocycles. The molecule has 0 spiro atoms. The summed E-state index contributed by atoms with van der Waals surface area (Å²) in [6.45, 7) is -0.107. The van der Waals surface area contributed by atoms with E-state index >= 15 is 0 Å². The zero-order valence-corrected chi connectivity index (χ0v) is 7.98. The minimum atomic E-state index is -1.57. The van der Waals surface area contributed by atoms with Crippen molar-refractivity contribution in [1.82, 2.24) is 4.98 Å². The van der Waals surface area contributed by atoms with Crippen LogP contribution in [0.4, 0.5) is 13.2 Å². The number of pyridine rings is 1. The summed E-state index contributed by atoms with van der Waals surface area (Å²) >= 11 is 0. The van der Waals surface area contributed by atoms with Crippen LogP contribution < -0.4 is 11.3 Å². The number of fused-ring (bicyclic) bond motifs is 1. The highest BCUT2D eigenvalue weighted by Gasteiger charge is 2.14. The van der Waals surface area contributed by atoms with Crippen molar-refractivity contribution in [2.24, 2.45) is 5.73 Å².